The van der Waals surface area contributed by atoms with Gasteiger partial charge >= 0.3 is 0 Å². The van der Waals surface area contributed by atoms with Crippen LogP contribution in [0.1, 0.15) is 43.7 Å². The molecular weight excluding hydrogens is 308 g/mol. The van der Waals surface area contributed by atoms with Crippen molar-refractivity contribution in [3.8, 4) is 5.75 Å². The molecule has 6 nitrogen and oxygen atoms in total. The number of amides is 2. The van der Waals surface area contributed by atoms with Crippen molar-refractivity contribution in [1.29, 1.82) is 0 Å². The van der Waals surface area contributed by atoms with Gasteiger partial charge < -0.3 is 9.47 Å². The van der Waals surface area contributed by atoms with Crippen molar-refractivity contribution in [3.63, 3.8) is 0 Å². The molecule has 1 aliphatic rings. The highest BCUT2D eigenvalue weighted by Crippen LogP contribution is 2.27. The van der Waals surface area contributed by atoms with Gasteiger partial charge in [-0.05, 0) is 42.9 Å². The molecule has 2 N–H and O–H groups in total. The molecule has 132 valence electrons. The van der Waals surface area contributed by atoms with Crippen LogP contribution < -0.4 is 15.6 Å². The molecule has 0 atom stereocenters. The standard InChI is InChI=1S/C18H26N2O4/c1-12(2)15-5-4-13(3)10-16(15)24-11-17(21)19-20-18(22)14-6-8-23-9-7-14/h4-5,10,12,14H,6-9,11H2,1-3H3,(H,19,21)(H,20,22). The summed E-state index contributed by atoms with van der Waals surface area (Å²) in [5.41, 5.74) is 7.00. The third-order valence-electron chi connectivity index (χ3n) is 4.07. The van der Waals surface area contributed by atoms with E-state index in [1.54, 1.807) is 0 Å². The van der Waals surface area contributed by atoms with Gasteiger partial charge in [0.05, 0.1) is 0 Å². The summed E-state index contributed by atoms with van der Waals surface area (Å²) in [5, 5.41) is 0. The van der Waals surface area contributed by atoms with Crippen LogP contribution in [0.4, 0.5) is 0 Å². The monoisotopic (exact) mass is 334 g/mol. The summed E-state index contributed by atoms with van der Waals surface area (Å²) in [4.78, 5) is 23.8. The van der Waals surface area contributed by atoms with E-state index in [0.29, 0.717) is 37.7 Å². The first-order valence-corrected chi connectivity index (χ1v) is 8.37. The minimum atomic E-state index is -0.383. The Labute approximate surface area is 142 Å². The number of hydrogen-bond donors (Lipinski definition) is 2. The molecule has 0 spiro atoms. The predicted molar refractivity (Wildman–Crippen MR) is 90.6 cm³/mol. The lowest BCUT2D eigenvalue weighted by atomic mass is 10.00. The van der Waals surface area contributed by atoms with Crippen LogP contribution in [0.5, 0.6) is 5.75 Å². The van der Waals surface area contributed by atoms with Gasteiger partial charge in [-0.3, -0.25) is 20.4 Å². The van der Waals surface area contributed by atoms with Crippen molar-refractivity contribution in [2.24, 2.45) is 5.92 Å². The zero-order valence-electron chi connectivity index (χ0n) is 14.6. The van der Waals surface area contributed by atoms with E-state index in [1.807, 2.05) is 25.1 Å². The van der Waals surface area contributed by atoms with E-state index in [4.69, 9.17) is 9.47 Å². The number of carbonyl (C=O) groups is 2. The Morgan fingerprint density at radius 1 is 1.25 bits per heavy atom. The van der Waals surface area contributed by atoms with Crippen molar-refractivity contribution in [1.82, 2.24) is 10.9 Å². The van der Waals surface area contributed by atoms with Crippen LogP contribution in [0.25, 0.3) is 0 Å². The predicted octanol–water partition coefficient (Wildman–Crippen LogP) is 2.07. The van der Waals surface area contributed by atoms with E-state index in [-0.39, 0.29) is 24.3 Å². The second kappa shape index (κ2) is 8.68. The smallest absolute Gasteiger partial charge is 0.276 e. The Kier molecular flexibility index (Phi) is 6.61. The number of carbonyl (C=O) groups excluding carboxylic acids is 2. The normalized spacial score (nSPS) is 15.2. The maximum atomic E-state index is 11.9. The molecule has 24 heavy (non-hydrogen) atoms. The van der Waals surface area contributed by atoms with Gasteiger partial charge in [-0.1, -0.05) is 26.0 Å². The molecule has 1 aromatic rings. The van der Waals surface area contributed by atoms with Crippen LogP contribution in [-0.2, 0) is 14.3 Å². The van der Waals surface area contributed by atoms with E-state index in [0.717, 1.165) is 11.1 Å². The summed E-state index contributed by atoms with van der Waals surface area (Å²) in [6.07, 6.45) is 1.36. The zero-order valence-corrected chi connectivity index (χ0v) is 14.6. The lowest BCUT2D eigenvalue weighted by Gasteiger charge is -2.21. The Hall–Kier alpha value is -2.08. The van der Waals surface area contributed by atoms with Crippen LogP contribution in [0.2, 0.25) is 0 Å². The summed E-state index contributed by atoms with van der Waals surface area (Å²) in [5.74, 6) is 0.341. The number of rotatable bonds is 5. The van der Waals surface area contributed by atoms with Gasteiger partial charge in [0.2, 0.25) is 5.91 Å². The average Bonchev–Trinajstić information content (AvgIpc) is 2.58. The van der Waals surface area contributed by atoms with Crippen LogP contribution in [0, 0.1) is 12.8 Å². The summed E-state index contributed by atoms with van der Waals surface area (Å²) in [6, 6.07) is 5.96. The fraction of sp³-hybridized carbons (Fsp3) is 0.556. The van der Waals surface area contributed by atoms with Crippen LogP contribution in [0.3, 0.4) is 0 Å². The third-order valence-corrected chi connectivity index (χ3v) is 4.07. The average molecular weight is 334 g/mol. The number of hydrogen-bond acceptors (Lipinski definition) is 4. The van der Waals surface area contributed by atoms with Gasteiger partial charge in [0.25, 0.3) is 5.91 Å². The number of ether oxygens (including phenoxy) is 2. The van der Waals surface area contributed by atoms with E-state index in [9.17, 15) is 9.59 Å². The quantitative estimate of drug-likeness (QED) is 0.808. The van der Waals surface area contributed by atoms with Gasteiger partial charge in [0, 0.05) is 19.1 Å². The van der Waals surface area contributed by atoms with E-state index in [1.165, 1.54) is 0 Å². The van der Waals surface area contributed by atoms with Gasteiger partial charge in [0.15, 0.2) is 6.61 Å². The van der Waals surface area contributed by atoms with Crippen molar-refractivity contribution in [2.75, 3.05) is 19.8 Å². The highest BCUT2D eigenvalue weighted by atomic mass is 16.5. The Morgan fingerprint density at radius 2 is 1.96 bits per heavy atom. The SMILES string of the molecule is Cc1ccc(C(C)C)c(OCC(=O)NNC(=O)C2CCOCC2)c1. The Bertz CT molecular complexity index is 580. The second-order valence-electron chi connectivity index (χ2n) is 6.41. The first-order valence-electron chi connectivity index (χ1n) is 8.37. The molecule has 2 rings (SSSR count). The summed E-state index contributed by atoms with van der Waals surface area (Å²) >= 11 is 0. The molecule has 1 heterocycles. The molecule has 0 unspecified atom stereocenters. The molecule has 1 saturated heterocycles. The molecule has 0 saturated carbocycles. The largest absolute Gasteiger partial charge is 0.483 e. The maximum Gasteiger partial charge on any atom is 0.276 e. The van der Waals surface area contributed by atoms with Gasteiger partial charge in [-0.15, -0.1) is 0 Å². The third kappa shape index (κ3) is 5.23. The van der Waals surface area contributed by atoms with Crippen LogP contribution in [-0.4, -0.2) is 31.6 Å². The maximum absolute atomic E-state index is 11.9. The number of aryl methyl sites for hydroxylation is 1. The molecule has 1 fully saturated rings. The second-order valence-corrected chi connectivity index (χ2v) is 6.41. The van der Waals surface area contributed by atoms with Crippen molar-refractivity contribution in [2.45, 2.75) is 39.5 Å². The van der Waals surface area contributed by atoms with E-state index < -0.39 is 0 Å². The van der Waals surface area contributed by atoms with Crippen molar-refractivity contribution < 1.29 is 19.1 Å². The Morgan fingerprint density at radius 3 is 2.62 bits per heavy atom. The molecular formula is C18H26N2O4. The molecule has 2 amide bonds. The van der Waals surface area contributed by atoms with Crippen LogP contribution >= 0.6 is 0 Å². The highest BCUT2D eigenvalue weighted by Gasteiger charge is 2.21. The highest BCUT2D eigenvalue weighted by molar-refractivity contribution is 5.84. The molecule has 0 aromatic heterocycles. The van der Waals surface area contributed by atoms with E-state index >= 15 is 0 Å². The van der Waals surface area contributed by atoms with E-state index in [2.05, 4.69) is 24.7 Å². The van der Waals surface area contributed by atoms with Gasteiger partial charge in [-0.2, -0.15) is 0 Å². The summed E-state index contributed by atoms with van der Waals surface area (Å²) < 4.78 is 10.9. The first kappa shape index (κ1) is 18.3. The van der Waals surface area contributed by atoms with Crippen molar-refractivity contribution >= 4 is 11.8 Å². The van der Waals surface area contributed by atoms with Crippen LogP contribution in [0.15, 0.2) is 18.2 Å². The van der Waals surface area contributed by atoms with Gasteiger partial charge in [-0.25, -0.2) is 0 Å². The number of nitrogens with one attached hydrogen (secondary N) is 2. The number of benzene rings is 1. The first-order chi connectivity index (χ1) is 11.5. The molecule has 1 aliphatic heterocycles. The molecule has 0 bridgehead atoms. The summed E-state index contributed by atoms with van der Waals surface area (Å²) in [7, 11) is 0. The minimum absolute atomic E-state index is 0.107. The van der Waals surface area contributed by atoms with Crippen molar-refractivity contribution in [3.05, 3.63) is 29.3 Å². The topological polar surface area (TPSA) is 76.7 Å². The lowest BCUT2D eigenvalue weighted by Crippen LogP contribution is -2.47. The molecule has 0 aliphatic carbocycles. The fourth-order valence-corrected chi connectivity index (χ4v) is 2.62. The minimum Gasteiger partial charge on any atom is -0.483 e. The zero-order chi connectivity index (χ0) is 17.5. The van der Waals surface area contributed by atoms with Gasteiger partial charge in [0.1, 0.15) is 5.75 Å². The number of hydrazine groups is 1. The Balaban J connectivity index is 1.81. The molecule has 0 radical (unpaired) electrons. The fourth-order valence-electron chi connectivity index (χ4n) is 2.62. The summed E-state index contributed by atoms with van der Waals surface area (Å²) in [6.45, 7) is 7.15. The molecule has 6 heteroatoms. The lowest BCUT2D eigenvalue weighted by molar-refractivity contribution is -0.133. The molecule has 1 aromatic carbocycles.